The topological polar surface area (TPSA) is 72.2 Å². The molecular weight excluding hydrogens is 239 g/mol. The number of aryl methyl sites for hydroxylation is 1. The second-order valence-electron chi connectivity index (χ2n) is 3.70. The number of halogens is 1. The molecule has 6 heteroatoms. The number of rotatable bonds is 2. The number of nitrogens with zero attached hydrogens (tertiary/aromatic N) is 2. The largest absolute Gasteiger partial charge is 0.477 e. The van der Waals surface area contributed by atoms with E-state index in [1.54, 1.807) is 6.92 Å². The third kappa shape index (κ3) is 2.13. The van der Waals surface area contributed by atoms with Gasteiger partial charge < -0.3 is 5.11 Å². The molecule has 1 aromatic heterocycles. The summed E-state index contributed by atoms with van der Waals surface area (Å²) in [5.41, 5.74) is -0.421. The molecule has 0 amide bonds. The molecule has 2 aromatic rings. The predicted octanol–water partition coefficient (Wildman–Crippen LogP) is 1.38. The van der Waals surface area contributed by atoms with E-state index >= 15 is 0 Å². The highest BCUT2D eigenvalue weighted by atomic mass is 19.1. The van der Waals surface area contributed by atoms with Crippen molar-refractivity contribution >= 4 is 5.97 Å². The van der Waals surface area contributed by atoms with Gasteiger partial charge in [0.05, 0.1) is 11.4 Å². The van der Waals surface area contributed by atoms with Crippen LogP contribution in [0.1, 0.15) is 16.1 Å². The lowest BCUT2D eigenvalue weighted by Crippen LogP contribution is -2.27. The first-order chi connectivity index (χ1) is 8.49. The van der Waals surface area contributed by atoms with Gasteiger partial charge in [-0.2, -0.15) is 9.78 Å². The van der Waals surface area contributed by atoms with Gasteiger partial charge in [0.15, 0.2) is 0 Å². The maximum absolute atomic E-state index is 12.8. The average molecular weight is 248 g/mol. The van der Waals surface area contributed by atoms with Gasteiger partial charge in [-0.25, -0.2) is 9.18 Å². The van der Waals surface area contributed by atoms with Crippen LogP contribution in [0.15, 0.2) is 35.1 Å². The molecule has 1 heterocycles. The highest BCUT2D eigenvalue weighted by Crippen LogP contribution is 2.06. The number of carboxylic acids is 1. The summed E-state index contributed by atoms with van der Waals surface area (Å²) in [6.45, 7) is 1.58. The lowest BCUT2D eigenvalue weighted by Gasteiger charge is -2.06. The molecule has 0 spiro atoms. The van der Waals surface area contributed by atoms with Gasteiger partial charge in [-0.1, -0.05) is 0 Å². The Morgan fingerprint density at radius 2 is 1.94 bits per heavy atom. The van der Waals surface area contributed by atoms with E-state index in [0.29, 0.717) is 11.4 Å². The smallest absolute Gasteiger partial charge is 0.341 e. The first-order valence-corrected chi connectivity index (χ1v) is 5.09. The highest BCUT2D eigenvalue weighted by molar-refractivity contribution is 5.87. The Hall–Kier alpha value is -2.50. The second-order valence-corrected chi connectivity index (χ2v) is 3.70. The van der Waals surface area contributed by atoms with Crippen LogP contribution < -0.4 is 5.56 Å². The van der Waals surface area contributed by atoms with Gasteiger partial charge >= 0.3 is 5.97 Å². The second kappa shape index (κ2) is 4.40. The molecule has 0 atom stereocenters. The molecule has 92 valence electrons. The third-order valence-corrected chi connectivity index (χ3v) is 2.34. The fraction of sp³-hybridized carbons (Fsp3) is 0.0833. The summed E-state index contributed by atoms with van der Waals surface area (Å²) in [5, 5.41) is 12.8. The molecule has 0 unspecified atom stereocenters. The summed E-state index contributed by atoms with van der Waals surface area (Å²) in [5.74, 6) is -1.76. The van der Waals surface area contributed by atoms with Crippen LogP contribution in [0.25, 0.3) is 5.69 Å². The van der Waals surface area contributed by atoms with Crippen molar-refractivity contribution in [1.82, 2.24) is 9.78 Å². The zero-order valence-electron chi connectivity index (χ0n) is 9.42. The van der Waals surface area contributed by atoms with Gasteiger partial charge in [0.1, 0.15) is 11.4 Å². The molecule has 18 heavy (non-hydrogen) atoms. The van der Waals surface area contributed by atoms with Crippen molar-refractivity contribution in [3.05, 3.63) is 57.8 Å². The fourth-order valence-corrected chi connectivity index (χ4v) is 1.53. The Bertz CT molecular complexity index is 662. The van der Waals surface area contributed by atoms with Gasteiger partial charge in [0.2, 0.25) is 0 Å². The molecule has 0 aliphatic rings. The van der Waals surface area contributed by atoms with Gasteiger partial charge in [-0.3, -0.25) is 4.79 Å². The van der Waals surface area contributed by atoms with E-state index in [4.69, 9.17) is 5.11 Å². The normalized spacial score (nSPS) is 10.3. The summed E-state index contributed by atoms with van der Waals surface area (Å²) >= 11 is 0. The van der Waals surface area contributed by atoms with Crippen molar-refractivity contribution in [1.29, 1.82) is 0 Å². The summed E-state index contributed by atoms with van der Waals surface area (Å²) < 4.78 is 13.7. The minimum atomic E-state index is -1.32. The Morgan fingerprint density at radius 3 is 2.50 bits per heavy atom. The van der Waals surface area contributed by atoms with Crippen LogP contribution in [0.4, 0.5) is 4.39 Å². The van der Waals surface area contributed by atoms with E-state index in [1.807, 2.05) is 0 Å². The third-order valence-electron chi connectivity index (χ3n) is 2.34. The Morgan fingerprint density at radius 1 is 1.33 bits per heavy atom. The fourth-order valence-electron chi connectivity index (χ4n) is 1.53. The SMILES string of the molecule is Cc1cc(C(=O)O)c(=O)n(-c2ccc(F)cc2)n1. The number of carbonyl (C=O) groups is 1. The first-order valence-electron chi connectivity index (χ1n) is 5.09. The van der Waals surface area contributed by atoms with Crippen molar-refractivity contribution in [2.24, 2.45) is 0 Å². The molecule has 5 nitrogen and oxygen atoms in total. The maximum atomic E-state index is 12.8. The number of hydrogen-bond acceptors (Lipinski definition) is 3. The summed E-state index contributed by atoms with van der Waals surface area (Å²) in [7, 11) is 0. The number of benzene rings is 1. The van der Waals surface area contributed by atoms with E-state index in [2.05, 4.69) is 5.10 Å². The van der Waals surface area contributed by atoms with Crippen LogP contribution in [0, 0.1) is 12.7 Å². The van der Waals surface area contributed by atoms with Crippen molar-refractivity contribution in [2.75, 3.05) is 0 Å². The average Bonchev–Trinajstić information content (AvgIpc) is 2.32. The molecule has 1 N–H and O–H groups in total. The van der Waals surface area contributed by atoms with E-state index < -0.39 is 17.3 Å². The van der Waals surface area contributed by atoms with Gasteiger partial charge in [0.25, 0.3) is 5.56 Å². The van der Waals surface area contributed by atoms with E-state index in [1.165, 1.54) is 30.3 Å². The summed E-state index contributed by atoms with van der Waals surface area (Å²) in [6, 6.07) is 6.26. The van der Waals surface area contributed by atoms with Crippen LogP contribution in [0.2, 0.25) is 0 Å². The highest BCUT2D eigenvalue weighted by Gasteiger charge is 2.13. The van der Waals surface area contributed by atoms with Crippen molar-refractivity contribution in [3.8, 4) is 5.69 Å². The van der Waals surface area contributed by atoms with Crippen LogP contribution in [-0.4, -0.2) is 20.9 Å². The van der Waals surface area contributed by atoms with Gasteiger partial charge in [0, 0.05) is 0 Å². The van der Waals surface area contributed by atoms with Crippen molar-refractivity contribution in [2.45, 2.75) is 6.92 Å². The molecule has 0 radical (unpaired) electrons. The lowest BCUT2D eigenvalue weighted by atomic mass is 10.2. The molecule has 0 aliphatic carbocycles. The lowest BCUT2D eigenvalue weighted by molar-refractivity contribution is 0.0694. The van der Waals surface area contributed by atoms with Gasteiger partial charge in [-0.05, 0) is 37.3 Å². The van der Waals surface area contributed by atoms with Crippen LogP contribution in [0.5, 0.6) is 0 Å². The zero-order valence-corrected chi connectivity index (χ0v) is 9.42. The number of hydrogen-bond donors (Lipinski definition) is 1. The Kier molecular flexibility index (Phi) is 2.93. The summed E-state index contributed by atoms with van der Waals surface area (Å²) in [6.07, 6.45) is 0. The van der Waals surface area contributed by atoms with E-state index in [9.17, 15) is 14.0 Å². The molecular formula is C12H9FN2O3. The minimum absolute atomic E-state index is 0.313. The molecule has 0 saturated heterocycles. The molecule has 0 fully saturated rings. The Labute approximate surface area is 101 Å². The van der Waals surface area contributed by atoms with Crippen LogP contribution >= 0.6 is 0 Å². The van der Waals surface area contributed by atoms with Gasteiger partial charge in [-0.15, -0.1) is 0 Å². The minimum Gasteiger partial charge on any atom is -0.477 e. The Balaban J connectivity index is 2.68. The van der Waals surface area contributed by atoms with Crippen molar-refractivity contribution in [3.63, 3.8) is 0 Å². The monoisotopic (exact) mass is 248 g/mol. The van der Waals surface area contributed by atoms with Crippen LogP contribution in [0.3, 0.4) is 0 Å². The van der Waals surface area contributed by atoms with Crippen molar-refractivity contribution < 1.29 is 14.3 Å². The standard InChI is InChI=1S/C12H9FN2O3/c1-7-6-10(12(17)18)11(16)15(14-7)9-4-2-8(13)3-5-9/h2-6H,1H3,(H,17,18). The van der Waals surface area contributed by atoms with Crippen LogP contribution in [-0.2, 0) is 0 Å². The zero-order chi connectivity index (χ0) is 13.3. The maximum Gasteiger partial charge on any atom is 0.341 e. The first kappa shape index (κ1) is 12.0. The van der Waals surface area contributed by atoms with E-state index in [0.717, 1.165) is 4.68 Å². The molecule has 0 saturated carbocycles. The number of carboxylic acid groups (broad SMARTS) is 1. The molecule has 2 rings (SSSR count). The number of aromatic carboxylic acids is 1. The summed E-state index contributed by atoms with van der Waals surface area (Å²) in [4.78, 5) is 22.8. The molecule has 0 aliphatic heterocycles. The van der Waals surface area contributed by atoms with E-state index in [-0.39, 0.29) is 5.56 Å². The molecule has 1 aromatic carbocycles. The number of aromatic nitrogens is 2. The quantitative estimate of drug-likeness (QED) is 0.871. The predicted molar refractivity (Wildman–Crippen MR) is 61.5 cm³/mol. The molecule has 0 bridgehead atoms.